The number of rotatable bonds is 3. The Kier molecular flexibility index (Phi) is 3.32. The van der Waals surface area contributed by atoms with Crippen LogP contribution in [0.2, 0.25) is 0 Å². The van der Waals surface area contributed by atoms with Crippen LogP contribution in [0, 0.1) is 18.3 Å². The molecule has 0 bridgehead atoms. The zero-order valence-corrected chi connectivity index (χ0v) is 9.45. The minimum absolute atomic E-state index is 0.502. The van der Waals surface area contributed by atoms with Crippen molar-refractivity contribution in [2.75, 3.05) is 17.1 Å². The van der Waals surface area contributed by atoms with E-state index in [4.69, 9.17) is 5.26 Å². The van der Waals surface area contributed by atoms with Crippen molar-refractivity contribution in [2.45, 2.75) is 6.92 Å². The Morgan fingerprint density at radius 3 is 2.53 bits per heavy atom. The molecule has 1 rings (SSSR count). The molecule has 4 nitrogen and oxygen atoms in total. The second-order valence-corrected chi connectivity index (χ2v) is 5.17. The predicted molar refractivity (Wildman–Crippen MR) is 59.0 cm³/mol. The van der Waals surface area contributed by atoms with Gasteiger partial charge in [0.05, 0.1) is 11.8 Å². The molecule has 0 amide bonds. The lowest BCUT2D eigenvalue weighted by Crippen LogP contribution is -2.29. The van der Waals surface area contributed by atoms with Gasteiger partial charge in [0.1, 0.15) is 0 Å². The molecule has 0 saturated heterocycles. The molecular formula is C10H12N2O2S. The van der Waals surface area contributed by atoms with E-state index in [9.17, 15) is 8.42 Å². The van der Waals surface area contributed by atoms with E-state index in [0.29, 0.717) is 5.69 Å². The molecule has 0 aliphatic rings. The Morgan fingerprint density at radius 1 is 1.40 bits per heavy atom. The molecule has 0 aliphatic heterocycles. The van der Waals surface area contributed by atoms with Gasteiger partial charge in [0.15, 0.2) is 5.75 Å². The summed E-state index contributed by atoms with van der Waals surface area (Å²) in [6.07, 6.45) is 0. The van der Waals surface area contributed by atoms with E-state index < -0.39 is 15.8 Å². The molecule has 0 saturated carbocycles. The summed E-state index contributed by atoms with van der Waals surface area (Å²) in [6.45, 7) is 1.83. The minimum Gasteiger partial charge on any atom is -0.272 e. The number of nitrogens with zero attached hydrogens (tertiary/aromatic N) is 2. The van der Waals surface area contributed by atoms with Crippen molar-refractivity contribution < 1.29 is 8.42 Å². The molecule has 0 heterocycles. The summed E-state index contributed by atoms with van der Waals surface area (Å²) in [5.41, 5.74) is 1.47. The summed E-state index contributed by atoms with van der Waals surface area (Å²) in [7, 11) is -2.06. The fourth-order valence-corrected chi connectivity index (χ4v) is 2.11. The van der Waals surface area contributed by atoms with Gasteiger partial charge in [0.2, 0.25) is 10.0 Å². The molecule has 1 aromatic carbocycles. The lowest BCUT2D eigenvalue weighted by molar-refractivity contribution is 0.597. The van der Waals surface area contributed by atoms with Crippen LogP contribution in [0.15, 0.2) is 24.3 Å². The molecule has 0 spiro atoms. The normalized spacial score (nSPS) is 10.7. The van der Waals surface area contributed by atoms with Gasteiger partial charge in [-0.25, -0.2) is 8.42 Å². The van der Waals surface area contributed by atoms with Gasteiger partial charge in [-0.1, -0.05) is 18.2 Å². The zero-order chi connectivity index (χ0) is 11.5. The topological polar surface area (TPSA) is 61.2 Å². The lowest BCUT2D eigenvalue weighted by Gasteiger charge is -2.19. The van der Waals surface area contributed by atoms with Gasteiger partial charge >= 0.3 is 0 Å². The third-order valence-corrected chi connectivity index (χ3v) is 3.64. The van der Waals surface area contributed by atoms with Gasteiger partial charge in [0.25, 0.3) is 0 Å². The van der Waals surface area contributed by atoms with Crippen molar-refractivity contribution in [3.05, 3.63) is 29.8 Å². The van der Waals surface area contributed by atoms with Gasteiger partial charge in [0, 0.05) is 7.05 Å². The van der Waals surface area contributed by atoms with Gasteiger partial charge in [-0.2, -0.15) is 5.26 Å². The van der Waals surface area contributed by atoms with Crippen molar-refractivity contribution in [1.82, 2.24) is 0 Å². The fraction of sp³-hybridized carbons (Fsp3) is 0.300. The number of benzene rings is 1. The van der Waals surface area contributed by atoms with Gasteiger partial charge < -0.3 is 0 Å². The first-order chi connectivity index (χ1) is 6.99. The van der Waals surface area contributed by atoms with E-state index in [1.165, 1.54) is 7.05 Å². The van der Waals surface area contributed by atoms with Crippen LogP contribution in [0.1, 0.15) is 5.56 Å². The highest BCUT2D eigenvalue weighted by molar-refractivity contribution is 7.92. The van der Waals surface area contributed by atoms with Crippen molar-refractivity contribution in [3.63, 3.8) is 0 Å². The van der Waals surface area contributed by atoms with E-state index in [1.54, 1.807) is 18.2 Å². The molecule has 5 heteroatoms. The summed E-state index contributed by atoms with van der Waals surface area (Å²) in [4.78, 5) is 0. The van der Waals surface area contributed by atoms with E-state index in [0.717, 1.165) is 9.87 Å². The average molecular weight is 224 g/mol. The molecule has 80 valence electrons. The summed E-state index contributed by atoms with van der Waals surface area (Å²) in [5.74, 6) is -0.502. The molecule has 0 unspecified atom stereocenters. The fourth-order valence-electron chi connectivity index (χ4n) is 1.24. The number of sulfonamides is 1. The molecule has 0 aliphatic carbocycles. The van der Waals surface area contributed by atoms with E-state index in [1.807, 2.05) is 19.1 Å². The minimum atomic E-state index is -3.51. The number of hydrogen-bond donors (Lipinski definition) is 0. The first kappa shape index (κ1) is 11.5. The maximum Gasteiger partial charge on any atom is 0.248 e. The Balaban J connectivity index is 3.12. The van der Waals surface area contributed by atoms with Crippen LogP contribution < -0.4 is 4.31 Å². The molecule has 0 atom stereocenters. The highest BCUT2D eigenvalue weighted by Gasteiger charge is 2.18. The molecule has 0 N–H and O–H groups in total. The van der Waals surface area contributed by atoms with E-state index in [-0.39, 0.29) is 0 Å². The van der Waals surface area contributed by atoms with Crippen LogP contribution in [-0.2, 0) is 10.0 Å². The third kappa shape index (κ3) is 2.48. The van der Waals surface area contributed by atoms with Gasteiger partial charge in [-0.15, -0.1) is 0 Å². The highest BCUT2D eigenvalue weighted by atomic mass is 32.2. The standard InChI is InChI=1S/C10H12N2O2S/c1-9-5-3-4-6-10(9)12(2)15(13,14)8-7-11/h3-6H,8H2,1-2H3. The predicted octanol–water partition coefficient (Wildman–Crippen LogP) is 1.28. The van der Waals surface area contributed by atoms with E-state index in [2.05, 4.69) is 0 Å². The first-order valence-corrected chi connectivity index (χ1v) is 5.99. The number of anilines is 1. The quantitative estimate of drug-likeness (QED) is 0.777. The van der Waals surface area contributed by atoms with Crippen LogP contribution in [0.4, 0.5) is 5.69 Å². The van der Waals surface area contributed by atoms with Crippen molar-refractivity contribution in [1.29, 1.82) is 5.26 Å². The van der Waals surface area contributed by atoms with Crippen molar-refractivity contribution in [3.8, 4) is 6.07 Å². The average Bonchev–Trinajstić information content (AvgIpc) is 2.17. The second kappa shape index (κ2) is 4.32. The summed E-state index contributed by atoms with van der Waals surface area (Å²) >= 11 is 0. The SMILES string of the molecule is Cc1ccccc1N(C)S(=O)(=O)CC#N. The number of para-hydroxylation sites is 1. The number of aryl methyl sites for hydroxylation is 1. The Hall–Kier alpha value is -1.54. The molecule has 0 aromatic heterocycles. The van der Waals surface area contributed by atoms with Crippen LogP contribution in [0.25, 0.3) is 0 Å². The van der Waals surface area contributed by atoms with Crippen LogP contribution >= 0.6 is 0 Å². The van der Waals surface area contributed by atoms with Crippen LogP contribution in [-0.4, -0.2) is 21.2 Å². The summed E-state index contributed by atoms with van der Waals surface area (Å²) < 4.78 is 24.3. The Labute approximate surface area is 89.8 Å². The summed E-state index contributed by atoms with van der Waals surface area (Å²) in [5, 5.41) is 8.41. The maximum absolute atomic E-state index is 11.6. The van der Waals surface area contributed by atoms with Crippen molar-refractivity contribution >= 4 is 15.7 Å². The molecule has 0 fully saturated rings. The first-order valence-electron chi connectivity index (χ1n) is 4.38. The molecular weight excluding hydrogens is 212 g/mol. The number of nitriles is 1. The van der Waals surface area contributed by atoms with Gasteiger partial charge in [-0.05, 0) is 18.6 Å². The maximum atomic E-state index is 11.6. The smallest absolute Gasteiger partial charge is 0.248 e. The molecule has 15 heavy (non-hydrogen) atoms. The van der Waals surface area contributed by atoms with Crippen molar-refractivity contribution in [2.24, 2.45) is 0 Å². The zero-order valence-electron chi connectivity index (χ0n) is 8.64. The lowest BCUT2D eigenvalue weighted by atomic mass is 10.2. The Morgan fingerprint density at radius 2 is 2.00 bits per heavy atom. The van der Waals surface area contributed by atoms with Crippen LogP contribution in [0.3, 0.4) is 0 Å². The highest BCUT2D eigenvalue weighted by Crippen LogP contribution is 2.20. The molecule has 1 aromatic rings. The third-order valence-electron chi connectivity index (χ3n) is 2.12. The largest absolute Gasteiger partial charge is 0.272 e. The summed E-state index contributed by atoms with van der Waals surface area (Å²) in [6, 6.07) is 8.79. The van der Waals surface area contributed by atoms with Gasteiger partial charge in [-0.3, -0.25) is 4.31 Å². The Bertz CT molecular complexity index is 488. The molecule has 0 radical (unpaired) electrons. The van der Waals surface area contributed by atoms with Crippen LogP contribution in [0.5, 0.6) is 0 Å². The van der Waals surface area contributed by atoms with E-state index >= 15 is 0 Å². The number of hydrogen-bond acceptors (Lipinski definition) is 3. The monoisotopic (exact) mass is 224 g/mol. The second-order valence-electron chi connectivity index (χ2n) is 3.17.